The predicted molar refractivity (Wildman–Crippen MR) is 79.8 cm³/mol. The van der Waals surface area contributed by atoms with Crippen LogP contribution in [0, 0.1) is 11.6 Å². The molecule has 1 amide bonds. The minimum atomic E-state index is -0.795. The standard InChI is InChI=1S/C16H22F2N2O2/c1-19(2)13-4-3-8-20(9-7-13)16(21)11-22-15-6-5-12(17)10-14(15)18/h5-6,10,13H,3-4,7-9,11H2,1-2H3. The Morgan fingerprint density at radius 1 is 1.32 bits per heavy atom. The number of carbonyl (C=O) groups is 1. The smallest absolute Gasteiger partial charge is 0.260 e. The lowest BCUT2D eigenvalue weighted by molar-refractivity contribution is -0.133. The number of benzene rings is 1. The van der Waals surface area contributed by atoms with E-state index in [9.17, 15) is 13.6 Å². The Balaban J connectivity index is 1.87. The Kier molecular flexibility index (Phi) is 5.71. The van der Waals surface area contributed by atoms with Gasteiger partial charge < -0.3 is 14.5 Å². The Labute approximate surface area is 129 Å². The van der Waals surface area contributed by atoms with Crippen LogP contribution in [0.5, 0.6) is 5.75 Å². The zero-order valence-corrected chi connectivity index (χ0v) is 13.0. The molecule has 0 bridgehead atoms. The minimum Gasteiger partial charge on any atom is -0.481 e. The van der Waals surface area contributed by atoms with Crippen molar-refractivity contribution in [3.8, 4) is 5.75 Å². The van der Waals surface area contributed by atoms with Gasteiger partial charge >= 0.3 is 0 Å². The highest BCUT2D eigenvalue weighted by Gasteiger charge is 2.22. The van der Waals surface area contributed by atoms with Crippen molar-refractivity contribution < 1.29 is 18.3 Å². The molecular weight excluding hydrogens is 290 g/mol. The molecular formula is C16H22F2N2O2. The highest BCUT2D eigenvalue weighted by molar-refractivity contribution is 5.77. The van der Waals surface area contributed by atoms with Gasteiger partial charge in [-0.25, -0.2) is 8.78 Å². The van der Waals surface area contributed by atoms with E-state index in [2.05, 4.69) is 4.90 Å². The van der Waals surface area contributed by atoms with Gasteiger partial charge in [0.2, 0.25) is 0 Å². The third-order valence-corrected chi connectivity index (χ3v) is 4.03. The van der Waals surface area contributed by atoms with E-state index >= 15 is 0 Å². The average molecular weight is 312 g/mol. The second-order valence-corrected chi connectivity index (χ2v) is 5.79. The van der Waals surface area contributed by atoms with Crippen LogP contribution in [0.25, 0.3) is 0 Å². The summed E-state index contributed by atoms with van der Waals surface area (Å²) in [5.74, 6) is -1.73. The molecule has 1 aromatic rings. The number of hydrogen-bond acceptors (Lipinski definition) is 3. The van der Waals surface area contributed by atoms with Crippen LogP contribution >= 0.6 is 0 Å². The molecule has 6 heteroatoms. The van der Waals surface area contributed by atoms with Crippen LogP contribution in [0.2, 0.25) is 0 Å². The van der Waals surface area contributed by atoms with Crippen LogP contribution < -0.4 is 4.74 Å². The van der Waals surface area contributed by atoms with Crippen molar-refractivity contribution >= 4 is 5.91 Å². The summed E-state index contributed by atoms with van der Waals surface area (Å²) in [5.41, 5.74) is 0. The summed E-state index contributed by atoms with van der Waals surface area (Å²) in [4.78, 5) is 16.1. The summed E-state index contributed by atoms with van der Waals surface area (Å²) in [6, 6.07) is 3.53. The third-order valence-electron chi connectivity index (χ3n) is 4.03. The van der Waals surface area contributed by atoms with Crippen LogP contribution in [0.4, 0.5) is 8.78 Å². The largest absolute Gasteiger partial charge is 0.481 e. The molecule has 0 saturated carbocycles. The van der Waals surface area contributed by atoms with Gasteiger partial charge in [-0.2, -0.15) is 0 Å². The highest BCUT2D eigenvalue weighted by atomic mass is 19.1. The molecule has 1 unspecified atom stereocenters. The van der Waals surface area contributed by atoms with Crippen molar-refractivity contribution in [1.29, 1.82) is 0 Å². The fourth-order valence-electron chi connectivity index (χ4n) is 2.67. The quantitative estimate of drug-likeness (QED) is 0.855. The summed E-state index contributed by atoms with van der Waals surface area (Å²) in [6.07, 6.45) is 2.92. The summed E-state index contributed by atoms with van der Waals surface area (Å²) >= 11 is 0. The number of halogens is 2. The van der Waals surface area contributed by atoms with Gasteiger partial charge in [0.1, 0.15) is 5.82 Å². The molecule has 1 aliphatic heterocycles. The second-order valence-electron chi connectivity index (χ2n) is 5.79. The van der Waals surface area contributed by atoms with Crippen LogP contribution in [-0.4, -0.2) is 55.5 Å². The minimum absolute atomic E-state index is 0.101. The Morgan fingerprint density at radius 2 is 2.09 bits per heavy atom. The van der Waals surface area contributed by atoms with Gasteiger partial charge in [-0.15, -0.1) is 0 Å². The van der Waals surface area contributed by atoms with E-state index in [-0.39, 0.29) is 18.3 Å². The average Bonchev–Trinajstić information content (AvgIpc) is 2.72. The molecule has 1 atom stereocenters. The molecule has 1 aromatic carbocycles. The maximum Gasteiger partial charge on any atom is 0.260 e. The molecule has 4 nitrogen and oxygen atoms in total. The first-order valence-corrected chi connectivity index (χ1v) is 7.49. The summed E-state index contributed by atoms with van der Waals surface area (Å²) in [5, 5.41) is 0. The van der Waals surface area contributed by atoms with Crippen molar-refractivity contribution in [2.45, 2.75) is 25.3 Å². The molecule has 122 valence electrons. The van der Waals surface area contributed by atoms with E-state index in [0.717, 1.165) is 31.4 Å². The van der Waals surface area contributed by atoms with Gasteiger partial charge in [-0.05, 0) is 45.5 Å². The lowest BCUT2D eigenvalue weighted by atomic mass is 10.1. The van der Waals surface area contributed by atoms with Crippen molar-refractivity contribution in [2.24, 2.45) is 0 Å². The predicted octanol–water partition coefficient (Wildman–Crippen LogP) is 2.29. The summed E-state index contributed by atoms with van der Waals surface area (Å²) < 4.78 is 31.4. The molecule has 2 rings (SSSR count). The Bertz CT molecular complexity index is 523. The van der Waals surface area contributed by atoms with Crippen molar-refractivity contribution in [1.82, 2.24) is 9.80 Å². The molecule has 1 fully saturated rings. The summed E-state index contributed by atoms with van der Waals surface area (Å²) in [6.45, 7) is 1.14. The maximum absolute atomic E-state index is 13.5. The Morgan fingerprint density at radius 3 is 2.77 bits per heavy atom. The van der Waals surface area contributed by atoms with E-state index in [4.69, 9.17) is 4.74 Å². The molecule has 0 radical (unpaired) electrons. The fraction of sp³-hybridized carbons (Fsp3) is 0.562. The number of hydrogen-bond donors (Lipinski definition) is 0. The lowest BCUT2D eigenvalue weighted by Crippen LogP contribution is -2.36. The van der Waals surface area contributed by atoms with E-state index in [1.54, 1.807) is 4.90 Å². The monoisotopic (exact) mass is 312 g/mol. The van der Waals surface area contributed by atoms with Crippen LogP contribution in [0.1, 0.15) is 19.3 Å². The number of amides is 1. The van der Waals surface area contributed by atoms with E-state index in [1.807, 2.05) is 14.1 Å². The van der Waals surface area contributed by atoms with Crippen LogP contribution in [0.3, 0.4) is 0 Å². The molecule has 0 aliphatic carbocycles. The first-order chi connectivity index (χ1) is 10.5. The molecule has 0 N–H and O–H groups in total. The maximum atomic E-state index is 13.5. The fourth-order valence-corrected chi connectivity index (χ4v) is 2.67. The van der Waals surface area contributed by atoms with Crippen LogP contribution in [0.15, 0.2) is 18.2 Å². The van der Waals surface area contributed by atoms with Gasteiger partial charge in [0.25, 0.3) is 5.91 Å². The molecule has 1 saturated heterocycles. The van der Waals surface area contributed by atoms with E-state index in [0.29, 0.717) is 19.1 Å². The highest BCUT2D eigenvalue weighted by Crippen LogP contribution is 2.18. The molecule has 0 spiro atoms. The number of ether oxygens (including phenoxy) is 1. The molecule has 22 heavy (non-hydrogen) atoms. The molecule has 1 aliphatic rings. The SMILES string of the molecule is CN(C)C1CCCN(C(=O)COc2ccc(F)cc2F)CC1. The topological polar surface area (TPSA) is 32.8 Å². The first-order valence-electron chi connectivity index (χ1n) is 7.49. The van der Waals surface area contributed by atoms with Crippen LogP contribution in [-0.2, 0) is 4.79 Å². The van der Waals surface area contributed by atoms with E-state index in [1.165, 1.54) is 6.07 Å². The zero-order chi connectivity index (χ0) is 16.1. The normalized spacial score (nSPS) is 19.1. The lowest BCUT2D eigenvalue weighted by Gasteiger charge is -2.23. The second kappa shape index (κ2) is 7.54. The summed E-state index contributed by atoms with van der Waals surface area (Å²) in [7, 11) is 4.09. The van der Waals surface area contributed by atoms with Gasteiger partial charge in [0.05, 0.1) is 0 Å². The first kappa shape index (κ1) is 16.7. The molecule has 1 heterocycles. The number of nitrogens with zero attached hydrogens (tertiary/aromatic N) is 2. The number of carbonyl (C=O) groups excluding carboxylic acids is 1. The van der Waals surface area contributed by atoms with Gasteiger partial charge in [0, 0.05) is 25.2 Å². The zero-order valence-electron chi connectivity index (χ0n) is 13.0. The van der Waals surface area contributed by atoms with Crippen molar-refractivity contribution in [2.75, 3.05) is 33.8 Å². The Hall–Kier alpha value is -1.69. The third kappa shape index (κ3) is 4.40. The molecule has 0 aromatic heterocycles. The van der Waals surface area contributed by atoms with Gasteiger partial charge in [0.15, 0.2) is 18.2 Å². The van der Waals surface area contributed by atoms with Crippen molar-refractivity contribution in [3.63, 3.8) is 0 Å². The van der Waals surface area contributed by atoms with Gasteiger partial charge in [-0.3, -0.25) is 4.79 Å². The van der Waals surface area contributed by atoms with Crippen molar-refractivity contribution in [3.05, 3.63) is 29.8 Å². The number of likely N-dealkylation sites (tertiary alicyclic amines) is 1. The van der Waals surface area contributed by atoms with E-state index < -0.39 is 11.6 Å². The van der Waals surface area contributed by atoms with Gasteiger partial charge in [-0.1, -0.05) is 0 Å². The number of rotatable bonds is 4.